The number of hydrogen-bond donors (Lipinski definition) is 2. The molecule has 0 bridgehead atoms. The van der Waals surface area contributed by atoms with Crippen LogP contribution in [-0.4, -0.2) is 19.9 Å². The van der Waals surface area contributed by atoms with Crippen molar-refractivity contribution in [2.75, 3.05) is 5.32 Å². The SMILES string of the molecule is Cl.NC1(C(=O)Nc2cccc(CS(=O)(=O)c3ccccc3)c2)CCCC1. The number of carbonyl (C=O) groups excluding carboxylic acids is 1. The van der Waals surface area contributed by atoms with E-state index in [4.69, 9.17) is 5.73 Å². The second-order valence-corrected chi connectivity index (χ2v) is 8.58. The van der Waals surface area contributed by atoms with Crippen molar-refractivity contribution in [3.63, 3.8) is 0 Å². The molecule has 7 heteroatoms. The average Bonchev–Trinajstić information content (AvgIpc) is 3.04. The maximum Gasteiger partial charge on any atom is 0.244 e. The number of carbonyl (C=O) groups is 1. The number of benzene rings is 2. The van der Waals surface area contributed by atoms with Gasteiger partial charge in [0.2, 0.25) is 5.91 Å². The molecule has 2 aromatic carbocycles. The lowest BCUT2D eigenvalue weighted by molar-refractivity contribution is -0.121. The molecule has 26 heavy (non-hydrogen) atoms. The molecule has 2 aromatic rings. The van der Waals surface area contributed by atoms with Crippen LogP contribution in [0.15, 0.2) is 59.5 Å². The first-order chi connectivity index (χ1) is 11.9. The molecule has 140 valence electrons. The molecular formula is C19H23ClN2O3S. The van der Waals surface area contributed by atoms with Crippen molar-refractivity contribution in [3.05, 3.63) is 60.2 Å². The highest BCUT2D eigenvalue weighted by molar-refractivity contribution is 7.90. The van der Waals surface area contributed by atoms with E-state index in [2.05, 4.69) is 5.32 Å². The Morgan fingerprint density at radius 2 is 1.69 bits per heavy atom. The zero-order chi connectivity index (χ0) is 17.9. The molecule has 0 heterocycles. The maximum absolute atomic E-state index is 12.5. The Morgan fingerprint density at radius 3 is 2.35 bits per heavy atom. The Bertz CT molecular complexity index is 863. The van der Waals surface area contributed by atoms with Gasteiger partial charge in [-0.05, 0) is 42.7 Å². The highest BCUT2D eigenvalue weighted by Crippen LogP contribution is 2.28. The van der Waals surface area contributed by atoms with Gasteiger partial charge in [-0.1, -0.05) is 43.2 Å². The maximum atomic E-state index is 12.5. The standard InChI is InChI=1S/C19H22N2O3S.ClH/c20-19(11-4-5-12-19)18(22)21-16-8-6-7-15(13-16)14-25(23,24)17-9-2-1-3-10-17;/h1-3,6-10,13H,4-5,11-12,14,20H2,(H,21,22);1H. The molecule has 1 aliphatic rings. The first-order valence-electron chi connectivity index (χ1n) is 8.36. The molecule has 5 nitrogen and oxygen atoms in total. The highest BCUT2D eigenvalue weighted by Gasteiger charge is 2.36. The molecule has 1 saturated carbocycles. The molecule has 0 spiro atoms. The van der Waals surface area contributed by atoms with Gasteiger partial charge in [-0.25, -0.2) is 8.42 Å². The number of amides is 1. The van der Waals surface area contributed by atoms with Crippen molar-refractivity contribution in [2.45, 2.75) is 41.9 Å². The molecule has 1 aliphatic carbocycles. The van der Waals surface area contributed by atoms with Gasteiger partial charge in [0.1, 0.15) is 0 Å². The predicted octanol–water partition coefficient (Wildman–Crippen LogP) is 3.29. The minimum atomic E-state index is -3.42. The topological polar surface area (TPSA) is 89.3 Å². The zero-order valence-electron chi connectivity index (χ0n) is 14.4. The van der Waals surface area contributed by atoms with Gasteiger partial charge < -0.3 is 11.1 Å². The van der Waals surface area contributed by atoms with Gasteiger partial charge in [-0.2, -0.15) is 0 Å². The Labute approximate surface area is 160 Å². The molecule has 0 aromatic heterocycles. The fourth-order valence-corrected chi connectivity index (χ4v) is 4.51. The monoisotopic (exact) mass is 394 g/mol. The van der Waals surface area contributed by atoms with E-state index in [9.17, 15) is 13.2 Å². The summed E-state index contributed by atoms with van der Waals surface area (Å²) in [5.74, 6) is -0.317. The smallest absolute Gasteiger partial charge is 0.244 e. The van der Waals surface area contributed by atoms with Crippen LogP contribution in [0.1, 0.15) is 31.2 Å². The van der Waals surface area contributed by atoms with E-state index in [0.29, 0.717) is 24.1 Å². The van der Waals surface area contributed by atoms with E-state index in [1.165, 1.54) is 0 Å². The van der Waals surface area contributed by atoms with E-state index >= 15 is 0 Å². The first kappa shape index (κ1) is 20.4. The van der Waals surface area contributed by atoms with Gasteiger partial charge in [0, 0.05) is 5.69 Å². The van der Waals surface area contributed by atoms with Gasteiger partial charge in [0.25, 0.3) is 0 Å². The van der Waals surface area contributed by atoms with Crippen LogP contribution in [0, 0.1) is 0 Å². The summed E-state index contributed by atoms with van der Waals surface area (Å²) in [6.45, 7) is 0. The summed E-state index contributed by atoms with van der Waals surface area (Å²) in [6, 6.07) is 15.3. The summed E-state index contributed by atoms with van der Waals surface area (Å²) in [5.41, 5.74) is 6.54. The lowest BCUT2D eigenvalue weighted by Crippen LogP contribution is -2.48. The van der Waals surface area contributed by atoms with E-state index in [1.807, 2.05) is 0 Å². The normalized spacial score (nSPS) is 15.9. The van der Waals surface area contributed by atoms with Crippen LogP contribution in [0.2, 0.25) is 0 Å². The Kier molecular flexibility index (Phi) is 6.44. The van der Waals surface area contributed by atoms with Crippen molar-refractivity contribution in [1.29, 1.82) is 0 Å². The van der Waals surface area contributed by atoms with Crippen LogP contribution in [0.25, 0.3) is 0 Å². The third-order valence-corrected chi connectivity index (χ3v) is 6.30. The molecule has 3 rings (SSSR count). The van der Waals surface area contributed by atoms with Gasteiger partial charge in [0.15, 0.2) is 9.84 Å². The molecule has 3 N–H and O–H groups in total. The van der Waals surface area contributed by atoms with E-state index in [-0.39, 0.29) is 29.0 Å². The Balaban J connectivity index is 0.00000243. The number of rotatable bonds is 5. The summed E-state index contributed by atoms with van der Waals surface area (Å²) >= 11 is 0. The zero-order valence-corrected chi connectivity index (χ0v) is 16.0. The van der Waals surface area contributed by atoms with Crippen LogP contribution < -0.4 is 11.1 Å². The highest BCUT2D eigenvalue weighted by atomic mass is 35.5. The van der Waals surface area contributed by atoms with Crippen LogP contribution in [0.4, 0.5) is 5.69 Å². The third-order valence-electron chi connectivity index (χ3n) is 4.59. The minimum absolute atomic E-state index is 0. The van der Waals surface area contributed by atoms with Crippen LogP contribution >= 0.6 is 12.4 Å². The Morgan fingerprint density at radius 1 is 1.04 bits per heavy atom. The second kappa shape index (κ2) is 8.20. The van der Waals surface area contributed by atoms with Crippen LogP contribution in [0.3, 0.4) is 0 Å². The summed E-state index contributed by atoms with van der Waals surface area (Å²) < 4.78 is 25.0. The third kappa shape index (κ3) is 4.63. The molecule has 0 atom stereocenters. The number of nitrogens with two attached hydrogens (primary N) is 1. The van der Waals surface area contributed by atoms with Gasteiger partial charge in [-0.3, -0.25) is 4.79 Å². The lowest BCUT2D eigenvalue weighted by atomic mass is 9.98. The molecule has 0 aliphatic heterocycles. The fourth-order valence-electron chi connectivity index (χ4n) is 3.16. The number of hydrogen-bond acceptors (Lipinski definition) is 4. The first-order valence-corrected chi connectivity index (χ1v) is 10.0. The van der Waals surface area contributed by atoms with E-state index in [0.717, 1.165) is 12.8 Å². The summed E-state index contributed by atoms with van der Waals surface area (Å²) in [5, 5.41) is 2.83. The van der Waals surface area contributed by atoms with Crippen molar-refractivity contribution in [1.82, 2.24) is 0 Å². The molecule has 0 saturated heterocycles. The Hall–Kier alpha value is -1.89. The largest absolute Gasteiger partial charge is 0.324 e. The molecular weight excluding hydrogens is 372 g/mol. The summed E-state index contributed by atoms with van der Waals surface area (Å²) in [7, 11) is -3.42. The van der Waals surface area contributed by atoms with Crippen LogP contribution in [0.5, 0.6) is 0 Å². The van der Waals surface area contributed by atoms with Crippen molar-refractivity contribution < 1.29 is 13.2 Å². The summed E-state index contributed by atoms with van der Waals surface area (Å²) in [6.07, 6.45) is 3.28. The molecule has 0 unspecified atom stereocenters. The van der Waals surface area contributed by atoms with Crippen molar-refractivity contribution in [2.24, 2.45) is 5.73 Å². The quantitative estimate of drug-likeness (QED) is 0.814. The number of anilines is 1. The minimum Gasteiger partial charge on any atom is -0.324 e. The van der Waals surface area contributed by atoms with Crippen molar-refractivity contribution >= 4 is 33.8 Å². The van der Waals surface area contributed by atoms with E-state index in [1.54, 1.807) is 54.6 Å². The van der Waals surface area contributed by atoms with Crippen molar-refractivity contribution in [3.8, 4) is 0 Å². The second-order valence-electron chi connectivity index (χ2n) is 6.59. The summed E-state index contributed by atoms with van der Waals surface area (Å²) in [4.78, 5) is 12.7. The van der Waals surface area contributed by atoms with Gasteiger partial charge in [-0.15, -0.1) is 12.4 Å². The number of sulfone groups is 1. The van der Waals surface area contributed by atoms with Gasteiger partial charge in [0.05, 0.1) is 16.2 Å². The van der Waals surface area contributed by atoms with Crippen LogP contribution in [-0.2, 0) is 20.4 Å². The molecule has 1 amide bonds. The van der Waals surface area contributed by atoms with Gasteiger partial charge >= 0.3 is 0 Å². The molecule has 1 fully saturated rings. The average molecular weight is 395 g/mol. The fraction of sp³-hybridized carbons (Fsp3) is 0.316. The van der Waals surface area contributed by atoms with E-state index < -0.39 is 15.4 Å². The number of nitrogens with one attached hydrogen (secondary N) is 1. The predicted molar refractivity (Wildman–Crippen MR) is 105 cm³/mol. The molecule has 0 radical (unpaired) electrons. The lowest BCUT2D eigenvalue weighted by Gasteiger charge is -2.22. The number of halogens is 1.